The van der Waals surface area contributed by atoms with Gasteiger partial charge in [0.05, 0.1) is 17.5 Å². The Morgan fingerprint density at radius 1 is 1.40 bits per heavy atom. The van der Waals surface area contributed by atoms with Crippen molar-refractivity contribution in [2.24, 2.45) is 5.73 Å². The highest BCUT2D eigenvalue weighted by atomic mass is 32.2. The Kier molecular flexibility index (Phi) is 5.23. The van der Waals surface area contributed by atoms with Gasteiger partial charge in [-0.25, -0.2) is 8.42 Å². The Morgan fingerprint density at radius 3 is 2.75 bits per heavy atom. The fourth-order valence-corrected chi connectivity index (χ4v) is 5.20. The summed E-state index contributed by atoms with van der Waals surface area (Å²) < 4.78 is 23.6. The molecule has 1 saturated heterocycles. The predicted molar refractivity (Wildman–Crippen MR) is 84.9 cm³/mol. The molecule has 1 aromatic rings. The molecule has 0 spiro atoms. The standard InChI is InChI=1S/C14H24N2O2S2/c1-3-12(15)13(14-11(2)5-8-19-14)16-6-4-9-20(17,18)10-7-16/h5,8,12-13H,3-4,6-7,9-10,15H2,1-2H3. The van der Waals surface area contributed by atoms with Crippen molar-refractivity contribution < 1.29 is 8.42 Å². The van der Waals surface area contributed by atoms with Crippen LogP contribution in [0.25, 0.3) is 0 Å². The van der Waals surface area contributed by atoms with Crippen LogP contribution in [0.2, 0.25) is 0 Å². The molecule has 4 nitrogen and oxygen atoms in total. The molecule has 0 saturated carbocycles. The second kappa shape index (κ2) is 6.56. The van der Waals surface area contributed by atoms with E-state index in [9.17, 15) is 8.42 Å². The van der Waals surface area contributed by atoms with Gasteiger partial charge in [0.25, 0.3) is 0 Å². The monoisotopic (exact) mass is 316 g/mol. The second-order valence-electron chi connectivity index (χ2n) is 5.53. The number of rotatable bonds is 4. The van der Waals surface area contributed by atoms with Crippen LogP contribution in [0.15, 0.2) is 11.4 Å². The van der Waals surface area contributed by atoms with E-state index in [1.807, 2.05) is 0 Å². The van der Waals surface area contributed by atoms with Crippen molar-refractivity contribution in [1.29, 1.82) is 0 Å². The molecular weight excluding hydrogens is 292 g/mol. The first kappa shape index (κ1) is 15.9. The maximum absolute atomic E-state index is 11.8. The second-order valence-corrected chi connectivity index (χ2v) is 8.78. The van der Waals surface area contributed by atoms with E-state index < -0.39 is 9.84 Å². The quantitative estimate of drug-likeness (QED) is 0.922. The van der Waals surface area contributed by atoms with E-state index in [2.05, 4.69) is 30.2 Å². The summed E-state index contributed by atoms with van der Waals surface area (Å²) in [5.74, 6) is 0.561. The van der Waals surface area contributed by atoms with Gasteiger partial charge in [-0.05, 0) is 43.3 Å². The topological polar surface area (TPSA) is 63.4 Å². The van der Waals surface area contributed by atoms with Crippen LogP contribution in [0.5, 0.6) is 0 Å². The third-order valence-corrected chi connectivity index (χ3v) is 6.84. The van der Waals surface area contributed by atoms with Crippen molar-refractivity contribution >= 4 is 21.2 Å². The molecule has 0 radical (unpaired) electrons. The molecule has 2 rings (SSSR count). The van der Waals surface area contributed by atoms with Crippen LogP contribution in [0.1, 0.15) is 36.2 Å². The number of hydrogen-bond donors (Lipinski definition) is 1. The Hall–Kier alpha value is -0.430. The van der Waals surface area contributed by atoms with Crippen molar-refractivity contribution in [3.05, 3.63) is 21.9 Å². The first-order valence-corrected chi connectivity index (χ1v) is 9.88. The molecule has 6 heteroatoms. The van der Waals surface area contributed by atoms with Gasteiger partial charge in [0.1, 0.15) is 0 Å². The summed E-state index contributed by atoms with van der Waals surface area (Å²) in [6.07, 6.45) is 1.60. The minimum Gasteiger partial charge on any atom is -0.326 e. The maximum atomic E-state index is 11.8. The highest BCUT2D eigenvalue weighted by molar-refractivity contribution is 7.91. The molecule has 2 N–H and O–H groups in total. The lowest BCUT2D eigenvalue weighted by Gasteiger charge is -2.34. The minimum absolute atomic E-state index is 0.0492. The average Bonchev–Trinajstić information content (AvgIpc) is 2.72. The van der Waals surface area contributed by atoms with Crippen LogP contribution in [0.4, 0.5) is 0 Å². The van der Waals surface area contributed by atoms with E-state index in [0.717, 1.165) is 13.0 Å². The van der Waals surface area contributed by atoms with Gasteiger partial charge in [-0.3, -0.25) is 4.90 Å². The van der Waals surface area contributed by atoms with Crippen LogP contribution >= 0.6 is 11.3 Å². The van der Waals surface area contributed by atoms with E-state index in [1.54, 1.807) is 11.3 Å². The molecule has 2 heterocycles. The highest BCUT2D eigenvalue weighted by Gasteiger charge is 2.30. The third kappa shape index (κ3) is 3.61. The lowest BCUT2D eigenvalue weighted by Crippen LogP contribution is -2.42. The maximum Gasteiger partial charge on any atom is 0.151 e. The van der Waals surface area contributed by atoms with Gasteiger partial charge in [0.15, 0.2) is 9.84 Å². The zero-order valence-corrected chi connectivity index (χ0v) is 13.8. The summed E-state index contributed by atoms with van der Waals surface area (Å²) in [5, 5.41) is 2.09. The molecule has 0 aliphatic carbocycles. The van der Waals surface area contributed by atoms with Crippen molar-refractivity contribution in [1.82, 2.24) is 4.90 Å². The Labute approximate surface area is 125 Å². The van der Waals surface area contributed by atoms with Crippen molar-refractivity contribution in [3.8, 4) is 0 Å². The molecule has 20 heavy (non-hydrogen) atoms. The summed E-state index contributed by atoms with van der Waals surface area (Å²) in [6.45, 7) is 5.61. The number of aryl methyl sites for hydroxylation is 1. The van der Waals surface area contributed by atoms with E-state index >= 15 is 0 Å². The van der Waals surface area contributed by atoms with E-state index in [4.69, 9.17) is 5.73 Å². The average molecular weight is 316 g/mol. The lowest BCUT2D eigenvalue weighted by molar-refractivity contribution is 0.184. The molecule has 1 fully saturated rings. The molecule has 1 aliphatic rings. The molecule has 1 aliphatic heterocycles. The Balaban J connectivity index is 2.26. The van der Waals surface area contributed by atoms with Crippen LogP contribution in [0.3, 0.4) is 0 Å². The summed E-state index contributed by atoms with van der Waals surface area (Å²) in [5.41, 5.74) is 7.60. The van der Waals surface area contributed by atoms with E-state index in [1.165, 1.54) is 10.4 Å². The molecule has 2 atom stereocenters. The van der Waals surface area contributed by atoms with Crippen LogP contribution in [-0.2, 0) is 9.84 Å². The third-order valence-electron chi connectivity index (χ3n) is 4.03. The van der Waals surface area contributed by atoms with Crippen LogP contribution in [0, 0.1) is 6.92 Å². The van der Waals surface area contributed by atoms with Crippen LogP contribution in [-0.4, -0.2) is 44.0 Å². The van der Waals surface area contributed by atoms with E-state index in [0.29, 0.717) is 18.7 Å². The number of hydrogen-bond acceptors (Lipinski definition) is 5. The van der Waals surface area contributed by atoms with Gasteiger partial charge in [-0.1, -0.05) is 6.92 Å². The summed E-state index contributed by atoms with van der Waals surface area (Å²) in [6, 6.07) is 2.31. The van der Waals surface area contributed by atoms with E-state index in [-0.39, 0.29) is 17.8 Å². The minimum atomic E-state index is -2.88. The molecule has 0 amide bonds. The number of sulfone groups is 1. The van der Waals surface area contributed by atoms with Crippen molar-refractivity contribution in [2.45, 2.75) is 38.8 Å². The largest absolute Gasteiger partial charge is 0.326 e. The molecule has 0 aromatic carbocycles. The lowest BCUT2D eigenvalue weighted by atomic mass is 10.0. The SMILES string of the molecule is CCC(N)C(c1sccc1C)N1CCCS(=O)(=O)CC1. The summed E-state index contributed by atoms with van der Waals surface area (Å²) in [4.78, 5) is 3.57. The summed E-state index contributed by atoms with van der Waals surface area (Å²) >= 11 is 1.73. The molecule has 1 aromatic heterocycles. The molecular formula is C14H24N2O2S2. The highest BCUT2D eigenvalue weighted by Crippen LogP contribution is 2.32. The molecule has 2 unspecified atom stereocenters. The van der Waals surface area contributed by atoms with Gasteiger partial charge < -0.3 is 5.73 Å². The van der Waals surface area contributed by atoms with Gasteiger partial charge in [-0.2, -0.15) is 0 Å². The van der Waals surface area contributed by atoms with Gasteiger partial charge in [-0.15, -0.1) is 11.3 Å². The van der Waals surface area contributed by atoms with Gasteiger partial charge in [0.2, 0.25) is 0 Å². The number of nitrogens with zero attached hydrogens (tertiary/aromatic N) is 1. The number of thiophene rings is 1. The number of nitrogens with two attached hydrogens (primary N) is 1. The first-order valence-electron chi connectivity index (χ1n) is 7.18. The van der Waals surface area contributed by atoms with Gasteiger partial charge in [0, 0.05) is 17.5 Å². The fourth-order valence-electron chi connectivity index (χ4n) is 2.78. The zero-order valence-electron chi connectivity index (χ0n) is 12.2. The predicted octanol–water partition coefficient (Wildman–Crippen LogP) is 1.96. The Bertz CT molecular complexity index is 539. The summed E-state index contributed by atoms with van der Waals surface area (Å²) in [7, 11) is -2.88. The molecule has 114 valence electrons. The van der Waals surface area contributed by atoms with Gasteiger partial charge >= 0.3 is 0 Å². The van der Waals surface area contributed by atoms with Crippen LogP contribution < -0.4 is 5.73 Å². The molecule has 0 bridgehead atoms. The fraction of sp³-hybridized carbons (Fsp3) is 0.714. The Morgan fingerprint density at radius 2 is 2.15 bits per heavy atom. The van der Waals surface area contributed by atoms with Crippen molar-refractivity contribution in [3.63, 3.8) is 0 Å². The smallest absolute Gasteiger partial charge is 0.151 e. The van der Waals surface area contributed by atoms with Crippen molar-refractivity contribution in [2.75, 3.05) is 24.6 Å². The zero-order chi connectivity index (χ0) is 14.8. The normalized spacial score (nSPS) is 23.1. The first-order chi connectivity index (χ1) is 9.44.